The molecule has 0 saturated heterocycles. The van der Waals surface area contributed by atoms with Crippen molar-refractivity contribution in [1.82, 2.24) is 9.97 Å². The Labute approximate surface area is 125 Å². The van der Waals surface area contributed by atoms with Crippen molar-refractivity contribution in [3.63, 3.8) is 0 Å². The lowest BCUT2D eigenvalue weighted by Gasteiger charge is -2.14. The van der Waals surface area contributed by atoms with Crippen LogP contribution in [-0.2, 0) is 0 Å². The maximum Gasteiger partial charge on any atom is 0.224 e. The normalized spacial score (nSPS) is 13.9. The Balaban J connectivity index is 1.86. The van der Waals surface area contributed by atoms with Crippen LogP contribution in [0, 0.1) is 0 Å². The van der Waals surface area contributed by atoms with Crippen LogP contribution in [0.3, 0.4) is 0 Å². The van der Waals surface area contributed by atoms with Crippen LogP contribution in [0.1, 0.15) is 24.6 Å². The standard InChI is InChI=1S/C16H20N4O/c1-17-14-10-15(19-16(18-14)11-7-8-11)21-13-6-4-5-12(9-13)20(2)3/h4-6,9-11H,7-8H2,1-3H3,(H,17,18,19). The minimum absolute atomic E-state index is 0.494. The molecule has 1 aromatic heterocycles. The third-order valence-electron chi connectivity index (χ3n) is 3.48. The molecule has 0 spiro atoms. The summed E-state index contributed by atoms with van der Waals surface area (Å²) in [6.45, 7) is 0. The molecule has 1 aliphatic carbocycles. The van der Waals surface area contributed by atoms with E-state index in [1.54, 1.807) is 0 Å². The van der Waals surface area contributed by atoms with Crippen molar-refractivity contribution in [1.29, 1.82) is 0 Å². The van der Waals surface area contributed by atoms with Crippen molar-refractivity contribution in [3.8, 4) is 11.6 Å². The third kappa shape index (κ3) is 3.24. The van der Waals surface area contributed by atoms with Gasteiger partial charge < -0.3 is 15.0 Å². The molecular weight excluding hydrogens is 264 g/mol. The lowest BCUT2D eigenvalue weighted by molar-refractivity contribution is 0.459. The lowest BCUT2D eigenvalue weighted by Crippen LogP contribution is -2.08. The zero-order chi connectivity index (χ0) is 14.8. The second-order valence-corrected chi connectivity index (χ2v) is 5.47. The van der Waals surface area contributed by atoms with Gasteiger partial charge in [-0.3, -0.25) is 0 Å². The summed E-state index contributed by atoms with van der Waals surface area (Å²) in [5, 5.41) is 3.07. The minimum atomic E-state index is 0.494. The molecule has 1 fully saturated rings. The highest BCUT2D eigenvalue weighted by atomic mass is 16.5. The molecule has 0 bridgehead atoms. The van der Waals surface area contributed by atoms with Gasteiger partial charge in [0.25, 0.3) is 0 Å². The molecule has 2 aromatic rings. The fourth-order valence-corrected chi connectivity index (χ4v) is 2.09. The second kappa shape index (κ2) is 5.60. The summed E-state index contributed by atoms with van der Waals surface area (Å²) in [6.07, 6.45) is 2.34. The molecule has 1 aliphatic rings. The fraction of sp³-hybridized carbons (Fsp3) is 0.375. The van der Waals surface area contributed by atoms with Crippen molar-refractivity contribution < 1.29 is 4.74 Å². The third-order valence-corrected chi connectivity index (χ3v) is 3.48. The lowest BCUT2D eigenvalue weighted by atomic mass is 10.3. The maximum atomic E-state index is 5.91. The molecular formula is C16H20N4O. The molecule has 0 amide bonds. The summed E-state index contributed by atoms with van der Waals surface area (Å²) in [6, 6.07) is 9.78. The summed E-state index contributed by atoms with van der Waals surface area (Å²) in [5.74, 6) is 3.54. The van der Waals surface area contributed by atoms with Crippen LogP contribution in [-0.4, -0.2) is 31.1 Å². The first-order valence-electron chi connectivity index (χ1n) is 7.17. The number of aromatic nitrogens is 2. The highest BCUT2D eigenvalue weighted by Gasteiger charge is 2.27. The largest absolute Gasteiger partial charge is 0.439 e. The predicted octanol–water partition coefficient (Wildman–Crippen LogP) is 3.25. The Morgan fingerprint density at radius 1 is 1.19 bits per heavy atom. The van der Waals surface area contributed by atoms with E-state index in [4.69, 9.17) is 4.74 Å². The number of nitrogens with one attached hydrogen (secondary N) is 1. The Morgan fingerprint density at radius 2 is 2.00 bits per heavy atom. The zero-order valence-corrected chi connectivity index (χ0v) is 12.6. The number of hydrogen-bond donors (Lipinski definition) is 1. The van der Waals surface area contributed by atoms with Crippen LogP contribution in [0.4, 0.5) is 11.5 Å². The van der Waals surface area contributed by atoms with Gasteiger partial charge >= 0.3 is 0 Å². The van der Waals surface area contributed by atoms with E-state index in [0.29, 0.717) is 11.8 Å². The topological polar surface area (TPSA) is 50.3 Å². The van der Waals surface area contributed by atoms with Gasteiger partial charge in [-0.1, -0.05) is 6.07 Å². The average molecular weight is 284 g/mol. The summed E-state index contributed by atoms with van der Waals surface area (Å²) < 4.78 is 5.91. The molecule has 5 nitrogen and oxygen atoms in total. The van der Waals surface area contributed by atoms with Crippen LogP contribution in [0.2, 0.25) is 0 Å². The van der Waals surface area contributed by atoms with Crippen molar-refractivity contribution in [3.05, 3.63) is 36.2 Å². The first-order chi connectivity index (χ1) is 10.2. The van der Waals surface area contributed by atoms with Crippen molar-refractivity contribution in [2.24, 2.45) is 0 Å². The van der Waals surface area contributed by atoms with Gasteiger partial charge in [0.15, 0.2) is 0 Å². The first-order valence-corrected chi connectivity index (χ1v) is 7.17. The van der Waals surface area contributed by atoms with E-state index in [0.717, 1.165) is 23.1 Å². The van der Waals surface area contributed by atoms with Crippen LogP contribution in [0.5, 0.6) is 11.6 Å². The van der Waals surface area contributed by atoms with Crippen molar-refractivity contribution in [2.75, 3.05) is 31.4 Å². The van der Waals surface area contributed by atoms with Gasteiger partial charge in [0.05, 0.1) is 0 Å². The van der Waals surface area contributed by atoms with E-state index < -0.39 is 0 Å². The molecule has 1 saturated carbocycles. The number of hydrogen-bond acceptors (Lipinski definition) is 5. The molecule has 1 heterocycles. The average Bonchev–Trinajstić information content (AvgIpc) is 3.31. The summed E-state index contributed by atoms with van der Waals surface area (Å²) >= 11 is 0. The molecule has 0 unspecified atom stereocenters. The molecule has 0 aliphatic heterocycles. The van der Waals surface area contributed by atoms with Gasteiger partial charge in [-0.25, -0.2) is 4.98 Å². The predicted molar refractivity (Wildman–Crippen MR) is 84.4 cm³/mol. The molecule has 0 atom stereocenters. The number of nitrogens with zero attached hydrogens (tertiary/aromatic N) is 3. The highest BCUT2D eigenvalue weighted by molar-refractivity contribution is 5.50. The Bertz CT molecular complexity index is 638. The van der Waals surface area contributed by atoms with Crippen LogP contribution in [0.25, 0.3) is 0 Å². The van der Waals surface area contributed by atoms with E-state index in [1.807, 2.05) is 56.4 Å². The molecule has 5 heteroatoms. The minimum Gasteiger partial charge on any atom is -0.439 e. The number of rotatable bonds is 5. The van der Waals surface area contributed by atoms with E-state index in [2.05, 4.69) is 15.3 Å². The van der Waals surface area contributed by atoms with Crippen molar-refractivity contribution >= 4 is 11.5 Å². The SMILES string of the molecule is CNc1cc(Oc2cccc(N(C)C)c2)nc(C2CC2)n1. The summed E-state index contributed by atoms with van der Waals surface area (Å²) in [5.41, 5.74) is 1.10. The smallest absolute Gasteiger partial charge is 0.224 e. The van der Waals surface area contributed by atoms with Gasteiger partial charge in [0.2, 0.25) is 5.88 Å². The second-order valence-electron chi connectivity index (χ2n) is 5.47. The Hall–Kier alpha value is -2.30. The number of ether oxygens (including phenoxy) is 1. The van der Waals surface area contributed by atoms with Crippen molar-refractivity contribution in [2.45, 2.75) is 18.8 Å². The zero-order valence-electron chi connectivity index (χ0n) is 12.6. The quantitative estimate of drug-likeness (QED) is 0.913. The van der Waals surface area contributed by atoms with Gasteiger partial charge in [-0.2, -0.15) is 4.98 Å². The molecule has 110 valence electrons. The molecule has 1 N–H and O–H groups in total. The van der Waals surface area contributed by atoms with Gasteiger partial charge in [-0.15, -0.1) is 0 Å². The van der Waals surface area contributed by atoms with E-state index in [-0.39, 0.29) is 0 Å². The number of anilines is 2. The Kier molecular flexibility index (Phi) is 3.64. The van der Waals surface area contributed by atoms with E-state index >= 15 is 0 Å². The van der Waals surface area contributed by atoms with E-state index in [1.165, 1.54) is 12.8 Å². The molecule has 3 rings (SSSR count). The first kappa shape index (κ1) is 13.7. The van der Waals surface area contributed by atoms with Gasteiger partial charge in [0, 0.05) is 44.9 Å². The van der Waals surface area contributed by atoms with Crippen LogP contribution >= 0.6 is 0 Å². The molecule has 0 radical (unpaired) electrons. The summed E-state index contributed by atoms with van der Waals surface area (Å²) in [7, 11) is 5.87. The monoisotopic (exact) mass is 284 g/mol. The van der Waals surface area contributed by atoms with Crippen LogP contribution in [0.15, 0.2) is 30.3 Å². The highest BCUT2D eigenvalue weighted by Crippen LogP contribution is 2.39. The van der Waals surface area contributed by atoms with Gasteiger partial charge in [0.1, 0.15) is 17.4 Å². The molecule has 1 aromatic carbocycles. The number of benzene rings is 1. The Morgan fingerprint density at radius 3 is 2.67 bits per heavy atom. The fourth-order valence-electron chi connectivity index (χ4n) is 2.09. The van der Waals surface area contributed by atoms with Gasteiger partial charge in [-0.05, 0) is 25.0 Å². The summed E-state index contributed by atoms with van der Waals surface area (Å²) in [4.78, 5) is 11.1. The van der Waals surface area contributed by atoms with E-state index in [9.17, 15) is 0 Å². The maximum absolute atomic E-state index is 5.91. The molecule has 21 heavy (non-hydrogen) atoms. The van der Waals surface area contributed by atoms with Crippen LogP contribution < -0.4 is 15.0 Å².